The summed E-state index contributed by atoms with van der Waals surface area (Å²) in [5.74, 6) is 0.480. The Bertz CT molecular complexity index is 367. The first kappa shape index (κ1) is 13.6. The lowest BCUT2D eigenvalue weighted by Crippen LogP contribution is -2.31. The van der Waals surface area contributed by atoms with Crippen LogP contribution < -0.4 is 5.32 Å². The molecule has 4 nitrogen and oxygen atoms in total. The maximum absolute atomic E-state index is 5.72. The second-order valence-corrected chi connectivity index (χ2v) is 5.49. The summed E-state index contributed by atoms with van der Waals surface area (Å²) in [5, 5.41) is 8.02. The van der Waals surface area contributed by atoms with Gasteiger partial charge in [-0.3, -0.25) is 4.68 Å². The Morgan fingerprint density at radius 1 is 1.50 bits per heavy atom. The fourth-order valence-electron chi connectivity index (χ4n) is 2.51. The van der Waals surface area contributed by atoms with Crippen molar-refractivity contribution in [2.24, 2.45) is 7.05 Å². The Morgan fingerprint density at radius 3 is 3.00 bits per heavy atom. The summed E-state index contributed by atoms with van der Waals surface area (Å²) in [6, 6.07) is 0. The second kappa shape index (κ2) is 6.34. The van der Waals surface area contributed by atoms with Crippen LogP contribution in [0.3, 0.4) is 0 Å². The third kappa shape index (κ3) is 3.56. The normalized spacial score (nSPS) is 20.6. The number of hydrogen-bond acceptors (Lipinski definition) is 3. The van der Waals surface area contributed by atoms with Crippen LogP contribution >= 0.6 is 0 Å². The largest absolute Gasteiger partial charge is 0.377 e. The molecule has 1 saturated heterocycles. The van der Waals surface area contributed by atoms with Crippen LogP contribution in [0.15, 0.2) is 6.20 Å². The molecule has 1 aliphatic heterocycles. The molecule has 1 atom stereocenters. The van der Waals surface area contributed by atoms with Crippen molar-refractivity contribution < 1.29 is 4.74 Å². The zero-order chi connectivity index (χ0) is 13.0. The molecule has 1 aromatic rings. The third-order valence-corrected chi connectivity index (χ3v) is 3.45. The van der Waals surface area contributed by atoms with E-state index < -0.39 is 0 Å². The van der Waals surface area contributed by atoms with E-state index >= 15 is 0 Å². The van der Waals surface area contributed by atoms with Crippen LogP contribution in [0.25, 0.3) is 0 Å². The lowest BCUT2D eigenvalue weighted by Gasteiger charge is -2.22. The summed E-state index contributed by atoms with van der Waals surface area (Å²) in [5.41, 5.74) is 2.51. The molecule has 2 heterocycles. The molecule has 1 unspecified atom stereocenters. The van der Waals surface area contributed by atoms with E-state index in [1.54, 1.807) is 0 Å². The van der Waals surface area contributed by atoms with Crippen LogP contribution in [0.2, 0.25) is 0 Å². The fraction of sp³-hybridized carbons (Fsp3) is 0.786. The first-order valence-corrected chi connectivity index (χ1v) is 7.01. The zero-order valence-electron chi connectivity index (χ0n) is 11.8. The number of rotatable bonds is 5. The summed E-state index contributed by atoms with van der Waals surface area (Å²) in [7, 11) is 1.99. The van der Waals surface area contributed by atoms with Gasteiger partial charge in [-0.2, -0.15) is 5.10 Å². The van der Waals surface area contributed by atoms with Crippen LogP contribution in [0.1, 0.15) is 50.3 Å². The minimum absolute atomic E-state index is 0.401. The van der Waals surface area contributed by atoms with Crippen LogP contribution in [0.5, 0.6) is 0 Å². The number of nitrogens with zero attached hydrogens (tertiary/aromatic N) is 2. The highest BCUT2D eigenvalue weighted by atomic mass is 16.5. The summed E-state index contributed by atoms with van der Waals surface area (Å²) in [6.07, 6.45) is 6.23. The van der Waals surface area contributed by atoms with Crippen molar-refractivity contribution in [2.75, 3.05) is 13.2 Å². The van der Waals surface area contributed by atoms with Crippen molar-refractivity contribution in [3.8, 4) is 0 Å². The Morgan fingerprint density at radius 2 is 2.33 bits per heavy atom. The van der Waals surface area contributed by atoms with Gasteiger partial charge in [-0.15, -0.1) is 0 Å². The van der Waals surface area contributed by atoms with E-state index in [1.165, 1.54) is 30.5 Å². The predicted molar refractivity (Wildman–Crippen MR) is 72.6 cm³/mol. The van der Waals surface area contributed by atoms with Gasteiger partial charge in [0.25, 0.3) is 0 Å². The topological polar surface area (TPSA) is 39.1 Å². The molecule has 1 fully saturated rings. The van der Waals surface area contributed by atoms with Gasteiger partial charge in [0.2, 0.25) is 0 Å². The van der Waals surface area contributed by atoms with E-state index in [4.69, 9.17) is 4.74 Å². The first-order valence-electron chi connectivity index (χ1n) is 7.01. The fourth-order valence-corrected chi connectivity index (χ4v) is 2.51. The smallest absolute Gasteiger partial charge is 0.0699 e. The summed E-state index contributed by atoms with van der Waals surface area (Å²) >= 11 is 0. The highest BCUT2D eigenvalue weighted by Gasteiger charge is 2.14. The van der Waals surface area contributed by atoms with Gasteiger partial charge < -0.3 is 10.1 Å². The molecule has 0 radical (unpaired) electrons. The average Bonchev–Trinajstić information content (AvgIpc) is 2.72. The number of aryl methyl sites for hydroxylation is 1. The lowest BCUT2D eigenvalue weighted by molar-refractivity contribution is 0.0168. The maximum Gasteiger partial charge on any atom is 0.0699 e. The van der Waals surface area contributed by atoms with Gasteiger partial charge in [0.15, 0.2) is 0 Å². The summed E-state index contributed by atoms with van der Waals surface area (Å²) in [4.78, 5) is 0. The highest BCUT2D eigenvalue weighted by molar-refractivity contribution is 5.19. The van der Waals surface area contributed by atoms with Gasteiger partial charge in [0.1, 0.15) is 0 Å². The zero-order valence-corrected chi connectivity index (χ0v) is 11.8. The van der Waals surface area contributed by atoms with Crippen molar-refractivity contribution in [3.05, 3.63) is 17.5 Å². The molecular formula is C14H25N3O. The molecule has 0 bridgehead atoms. The standard InChI is InChI=1S/C14H25N3O/c1-11(2)14-12(10-17(3)16-14)8-15-9-13-6-4-5-7-18-13/h10-11,13,15H,4-9H2,1-3H3. The van der Waals surface area contributed by atoms with Gasteiger partial charge in [-0.1, -0.05) is 13.8 Å². The molecule has 2 rings (SSSR count). The molecule has 4 heteroatoms. The summed E-state index contributed by atoms with van der Waals surface area (Å²) < 4.78 is 7.62. The molecule has 0 amide bonds. The maximum atomic E-state index is 5.72. The van der Waals surface area contributed by atoms with Crippen molar-refractivity contribution in [1.82, 2.24) is 15.1 Å². The van der Waals surface area contributed by atoms with E-state index in [-0.39, 0.29) is 0 Å². The third-order valence-electron chi connectivity index (χ3n) is 3.45. The Labute approximate surface area is 110 Å². The minimum atomic E-state index is 0.401. The van der Waals surface area contributed by atoms with Gasteiger partial charge >= 0.3 is 0 Å². The number of nitrogens with one attached hydrogen (secondary N) is 1. The minimum Gasteiger partial charge on any atom is -0.377 e. The van der Waals surface area contributed by atoms with Crippen LogP contribution in [0.4, 0.5) is 0 Å². The van der Waals surface area contributed by atoms with Gasteiger partial charge in [-0.05, 0) is 25.2 Å². The van der Waals surface area contributed by atoms with Crippen LogP contribution in [0, 0.1) is 0 Å². The Kier molecular flexibility index (Phi) is 4.78. The van der Waals surface area contributed by atoms with Gasteiger partial charge in [-0.25, -0.2) is 0 Å². The lowest BCUT2D eigenvalue weighted by atomic mass is 10.1. The van der Waals surface area contributed by atoms with Crippen molar-refractivity contribution in [2.45, 2.75) is 51.7 Å². The second-order valence-electron chi connectivity index (χ2n) is 5.49. The van der Waals surface area contributed by atoms with Gasteiger partial charge in [0, 0.05) is 38.5 Å². The molecule has 18 heavy (non-hydrogen) atoms. The molecule has 1 N–H and O–H groups in total. The molecule has 1 aromatic heterocycles. The first-order chi connectivity index (χ1) is 8.66. The molecule has 0 aliphatic carbocycles. The van der Waals surface area contributed by atoms with Crippen molar-refractivity contribution in [1.29, 1.82) is 0 Å². The van der Waals surface area contributed by atoms with E-state index in [9.17, 15) is 0 Å². The molecular weight excluding hydrogens is 226 g/mol. The summed E-state index contributed by atoms with van der Waals surface area (Å²) in [6.45, 7) is 7.15. The average molecular weight is 251 g/mol. The molecule has 0 aromatic carbocycles. The molecule has 102 valence electrons. The van der Waals surface area contributed by atoms with Crippen LogP contribution in [-0.4, -0.2) is 29.0 Å². The Hall–Kier alpha value is -0.870. The monoisotopic (exact) mass is 251 g/mol. The van der Waals surface area contributed by atoms with E-state index in [2.05, 4.69) is 30.5 Å². The quantitative estimate of drug-likeness (QED) is 0.872. The number of hydrogen-bond donors (Lipinski definition) is 1. The number of ether oxygens (including phenoxy) is 1. The highest BCUT2D eigenvalue weighted by Crippen LogP contribution is 2.17. The SMILES string of the molecule is CC(C)c1nn(C)cc1CNCC1CCCCO1. The van der Waals surface area contributed by atoms with E-state index in [0.717, 1.165) is 19.7 Å². The van der Waals surface area contributed by atoms with E-state index in [1.807, 2.05) is 11.7 Å². The number of aromatic nitrogens is 2. The molecule has 0 spiro atoms. The predicted octanol–water partition coefficient (Wildman–Crippen LogP) is 2.20. The Balaban J connectivity index is 1.82. The van der Waals surface area contributed by atoms with Crippen LogP contribution in [-0.2, 0) is 18.3 Å². The molecule has 1 aliphatic rings. The van der Waals surface area contributed by atoms with Gasteiger partial charge in [0.05, 0.1) is 11.8 Å². The van der Waals surface area contributed by atoms with E-state index in [0.29, 0.717) is 12.0 Å². The van der Waals surface area contributed by atoms with Crippen molar-refractivity contribution in [3.63, 3.8) is 0 Å². The van der Waals surface area contributed by atoms with Crippen molar-refractivity contribution >= 4 is 0 Å². The molecule has 0 saturated carbocycles.